The predicted octanol–water partition coefficient (Wildman–Crippen LogP) is -0.532. The molecule has 1 aliphatic heterocycles. The summed E-state index contributed by atoms with van der Waals surface area (Å²) in [5, 5.41) is 20.0. The highest BCUT2D eigenvalue weighted by atomic mass is 16.6. The largest absolute Gasteiger partial charge is 0.463 e. The zero-order valence-corrected chi connectivity index (χ0v) is 11.6. The van der Waals surface area contributed by atoms with Gasteiger partial charge in [-0.2, -0.15) is 0 Å². The summed E-state index contributed by atoms with van der Waals surface area (Å²) in [7, 11) is 0. The summed E-state index contributed by atoms with van der Waals surface area (Å²) in [5.41, 5.74) is 0. The second-order valence-corrected chi connectivity index (χ2v) is 4.79. The molecule has 1 fully saturated rings. The number of amides is 1. The SMILES string of the molecule is CC(=O)OC[C@@H](O)[C@H](OC(C)=O)[C@H]1CC(=O)N(O)[C@@H]1C. The highest BCUT2D eigenvalue weighted by molar-refractivity contribution is 5.78. The van der Waals surface area contributed by atoms with Crippen molar-refractivity contribution >= 4 is 17.8 Å². The molecular weight excluding hydrogens is 270 g/mol. The van der Waals surface area contributed by atoms with Crippen molar-refractivity contribution in [2.45, 2.75) is 45.4 Å². The number of rotatable bonds is 5. The summed E-state index contributed by atoms with van der Waals surface area (Å²) < 4.78 is 9.70. The molecule has 0 aliphatic carbocycles. The van der Waals surface area contributed by atoms with E-state index >= 15 is 0 Å². The van der Waals surface area contributed by atoms with Gasteiger partial charge in [-0.1, -0.05) is 0 Å². The number of nitrogens with zero attached hydrogens (tertiary/aromatic N) is 1. The highest BCUT2D eigenvalue weighted by Crippen LogP contribution is 2.30. The van der Waals surface area contributed by atoms with Crippen molar-refractivity contribution in [1.82, 2.24) is 5.06 Å². The molecule has 1 rings (SSSR count). The summed E-state index contributed by atoms with van der Waals surface area (Å²) in [6.45, 7) is 3.58. The third-order valence-electron chi connectivity index (χ3n) is 3.23. The van der Waals surface area contributed by atoms with Gasteiger partial charge in [-0.15, -0.1) is 0 Å². The average molecular weight is 289 g/mol. The van der Waals surface area contributed by atoms with Crippen molar-refractivity contribution in [2.24, 2.45) is 5.92 Å². The Balaban J connectivity index is 2.81. The van der Waals surface area contributed by atoms with Gasteiger partial charge >= 0.3 is 11.9 Å². The highest BCUT2D eigenvalue weighted by Gasteiger charge is 2.45. The molecule has 0 aromatic heterocycles. The maximum absolute atomic E-state index is 11.4. The Morgan fingerprint density at radius 3 is 2.40 bits per heavy atom. The van der Waals surface area contributed by atoms with Gasteiger partial charge in [0.2, 0.25) is 5.91 Å². The van der Waals surface area contributed by atoms with Crippen LogP contribution in [0.25, 0.3) is 0 Å². The molecule has 4 atom stereocenters. The molecule has 8 heteroatoms. The van der Waals surface area contributed by atoms with Gasteiger partial charge in [-0.3, -0.25) is 19.6 Å². The Labute approximate surface area is 116 Å². The Morgan fingerprint density at radius 2 is 2.00 bits per heavy atom. The minimum absolute atomic E-state index is 0.0628. The van der Waals surface area contributed by atoms with Gasteiger partial charge in [0.1, 0.15) is 18.8 Å². The van der Waals surface area contributed by atoms with Gasteiger partial charge in [0.25, 0.3) is 0 Å². The zero-order valence-electron chi connectivity index (χ0n) is 11.6. The monoisotopic (exact) mass is 289 g/mol. The number of carbonyl (C=O) groups excluding carboxylic acids is 3. The molecule has 20 heavy (non-hydrogen) atoms. The number of carbonyl (C=O) groups is 3. The van der Waals surface area contributed by atoms with Crippen molar-refractivity contribution in [3.63, 3.8) is 0 Å². The smallest absolute Gasteiger partial charge is 0.303 e. The lowest BCUT2D eigenvalue weighted by atomic mass is 9.91. The third kappa shape index (κ3) is 3.91. The Bertz CT molecular complexity index is 397. The molecular formula is C12H19NO7. The minimum atomic E-state index is -1.27. The van der Waals surface area contributed by atoms with Gasteiger partial charge in [-0.25, -0.2) is 5.06 Å². The minimum Gasteiger partial charge on any atom is -0.463 e. The van der Waals surface area contributed by atoms with E-state index in [1.807, 2.05) is 0 Å². The van der Waals surface area contributed by atoms with Crippen LogP contribution in [0.2, 0.25) is 0 Å². The van der Waals surface area contributed by atoms with Crippen LogP contribution in [0.4, 0.5) is 0 Å². The van der Waals surface area contributed by atoms with Crippen molar-refractivity contribution in [3.05, 3.63) is 0 Å². The topological polar surface area (TPSA) is 113 Å². The molecule has 0 saturated carbocycles. The van der Waals surface area contributed by atoms with Gasteiger partial charge in [0.05, 0.1) is 6.04 Å². The molecule has 1 amide bonds. The fourth-order valence-electron chi connectivity index (χ4n) is 2.21. The van der Waals surface area contributed by atoms with E-state index in [4.69, 9.17) is 4.74 Å². The molecule has 1 saturated heterocycles. The molecule has 0 unspecified atom stereocenters. The Morgan fingerprint density at radius 1 is 1.40 bits per heavy atom. The molecule has 114 valence electrons. The van der Waals surface area contributed by atoms with Crippen molar-refractivity contribution in [2.75, 3.05) is 6.61 Å². The summed E-state index contributed by atoms with van der Waals surface area (Å²) in [6, 6.07) is -0.612. The summed E-state index contributed by atoms with van der Waals surface area (Å²) >= 11 is 0. The Hall–Kier alpha value is -1.67. The number of hydrogen-bond acceptors (Lipinski definition) is 7. The lowest BCUT2D eigenvalue weighted by Gasteiger charge is -2.29. The molecule has 2 N–H and O–H groups in total. The van der Waals surface area contributed by atoms with Crippen LogP contribution in [-0.2, 0) is 23.9 Å². The summed E-state index contributed by atoms with van der Waals surface area (Å²) in [5.74, 6) is -2.31. The van der Waals surface area contributed by atoms with Crippen LogP contribution in [-0.4, -0.2) is 58.1 Å². The average Bonchev–Trinajstić information content (AvgIpc) is 2.60. The van der Waals surface area contributed by atoms with E-state index in [0.717, 1.165) is 0 Å². The lowest BCUT2D eigenvalue weighted by molar-refractivity contribution is -0.172. The second-order valence-electron chi connectivity index (χ2n) is 4.79. The second kappa shape index (κ2) is 6.67. The molecule has 0 aromatic carbocycles. The number of ether oxygens (including phenoxy) is 2. The number of hydroxylamine groups is 2. The first-order chi connectivity index (χ1) is 9.23. The quantitative estimate of drug-likeness (QED) is 0.516. The maximum Gasteiger partial charge on any atom is 0.303 e. The number of hydrogen-bond donors (Lipinski definition) is 2. The van der Waals surface area contributed by atoms with Gasteiger partial charge in [-0.05, 0) is 6.92 Å². The molecule has 0 spiro atoms. The van der Waals surface area contributed by atoms with Gasteiger partial charge in [0.15, 0.2) is 0 Å². The maximum atomic E-state index is 11.4. The standard InChI is InChI=1S/C12H19NO7/c1-6-9(4-11(17)13(6)18)12(20-8(3)15)10(16)5-19-7(2)14/h6,9-10,12,16,18H,4-5H2,1-3H3/t6-,9+,10-,12-/m1/s1. The van der Waals surface area contributed by atoms with Crippen LogP contribution in [0.3, 0.4) is 0 Å². The van der Waals surface area contributed by atoms with Gasteiger partial charge in [0, 0.05) is 26.2 Å². The molecule has 0 bridgehead atoms. The first-order valence-electron chi connectivity index (χ1n) is 6.23. The van der Waals surface area contributed by atoms with Crippen molar-refractivity contribution < 1.29 is 34.2 Å². The lowest BCUT2D eigenvalue weighted by Crippen LogP contribution is -2.44. The summed E-state index contributed by atoms with van der Waals surface area (Å²) in [4.78, 5) is 33.3. The van der Waals surface area contributed by atoms with Crippen LogP contribution < -0.4 is 0 Å². The van der Waals surface area contributed by atoms with Crippen LogP contribution >= 0.6 is 0 Å². The van der Waals surface area contributed by atoms with Crippen LogP contribution in [0, 0.1) is 5.92 Å². The number of aliphatic hydroxyl groups excluding tert-OH is 1. The molecule has 0 radical (unpaired) electrons. The van der Waals surface area contributed by atoms with E-state index in [2.05, 4.69) is 4.74 Å². The third-order valence-corrected chi connectivity index (χ3v) is 3.23. The first-order valence-corrected chi connectivity index (χ1v) is 6.23. The van der Waals surface area contributed by atoms with E-state index in [1.165, 1.54) is 13.8 Å². The van der Waals surface area contributed by atoms with E-state index in [9.17, 15) is 24.7 Å². The van der Waals surface area contributed by atoms with Crippen LogP contribution in [0.1, 0.15) is 27.2 Å². The number of esters is 2. The summed E-state index contributed by atoms with van der Waals surface area (Å²) in [6.07, 6.45) is -2.37. The predicted molar refractivity (Wildman–Crippen MR) is 64.4 cm³/mol. The van der Waals surface area contributed by atoms with Gasteiger partial charge < -0.3 is 14.6 Å². The van der Waals surface area contributed by atoms with E-state index in [1.54, 1.807) is 6.92 Å². The van der Waals surface area contributed by atoms with Crippen molar-refractivity contribution in [3.8, 4) is 0 Å². The Kier molecular flexibility index (Phi) is 5.46. The fourth-order valence-corrected chi connectivity index (χ4v) is 2.21. The van der Waals surface area contributed by atoms with E-state index in [-0.39, 0.29) is 13.0 Å². The molecule has 8 nitrogen and oxygen atoms in total. The zero-order chi connectivity index (χ0) is 15.4. The van der Waals surface area contributed by atoms with Crippen LogP contribution in [0.15, 0.2) is 0 Å². The van der Waals surface area contributed by atoms with Crippen LogP contribution in [0.5, 0.6) is 0 Å². The molecule has 1 heterocycles. The molecule has 0 aromatic rings. The van der Waals surface area contributed by atoms with Crippen molar-refractivity contribution in [1.29, 1.82) is 0 Å². The normalized spacial score (nSPS) is 25.2. The van der Waals surface area contributed by atoms with E-state index in [0.29, 0.717) is 5.06 Å². The van der Waals surface area contributed by atoms with E-state index < -0.39 is 42.0 Å². The first kappa shape index (κ1) is 16.4. The number of aliphatic hydroxyl groups is 1. The fraction of sp³-hybridized carbons (Fsp3) is 0.750. The molecule has 1 aliphatic rings.